The average Bonchev–Trinajstić information content (AvgIpc) is 1.85. The van der Waals surface area contributed by atoms with Crippen molar-refractivity contribution in [2.45, 2.75) is 12.8 Å². The molecule has 0 rings (SSSR count). The molecule has 0 aromatic heterocycles. The van der Waals surface area contributed by atoms with Crippen LogP contribution in [0, 0.1) is 0 Å². The number of hydrogen-bond donors (Lipinski definition) is 2. The minimum Gasteiger partial charge on any atom is -0.481 e. The van der Waals surface area contributed by atoms with Crippen molar-refractivity contribution < 1.29 is 19.9 Å². The molecule has 0 radical (unpaired) electrons. The number of rotatable bonds is 4. The van der Waals surface area contributed by atoms with Gasteiger partial charge in [-0.25, -0.2) is 0 Å². The van der Waals surface area contributed by atoms with Crippen LogP contribution in [0.25, 0.3) is 0 Å². The molecule has 0 atom stereocenters. The number of carboxylic acids is 1. The Balaban J connectivity index is 3.50. The molecule has 2 N–H and O–H groups in total. The normalized spacial score (nSPS) is 10.0. The smallest absolute Gasteiger partial charge is 0.303 e. The number of oxime groups is 1. The third-order valence-corrected chi connectivity index (χ3v) is 0.787. The van der Waals surface area contributed by atoms with E-state index in [1.165, 1.54) is 0 Å². The van der Waals surface area contributed by atoms with Crippen LogP contribution in [-0.2, 0) is 9.59 Å². The number of hydrogen-bond acceptors (Lipinski definition) is 4. The van der Waals surface area contributed by atoms with Gasteiger partial charge in [0.05, 0.1) is 6.42 Å². The molecule has 0 heterocycles. The maximum absolute atomic E-state index is 10.4. The fraction of sp³-hybridized carbons (Fsp3) is 0.400. The number of nitrogens with zero attached hydrogens (tertiary/aromatic N) is 1. The lowest BCUT2D eigenvalue weighted by Crippen LogP contribution is -2.03. The van der Waals surface area contributed by atoms with E-state index in [1.807, 2.05) is 0 Å². The topological polar surface area (TPSA) is 87.0 Å². The lowest BCUT2D eigenvalue weighted by atomic mass is 10.2. The highest BCUT2D eigenvalue weighted by Crippen LogP contribution is 1.87. The maximum atomic E-state index is 10.4. The first-order valence-corrected chi connectivity index (χ1v) is 2.59. The molecule has 0 saturated carbocycles. The van der Waals surface area contributed by atoms with Gasteiger partial charge in [-0.05, 0) is 0 Å². The predicted molar refractivity (Wildman–Crippen MR) is 32.2 cm³/mol. The third kappa shape index (κ3) is 4.76. The number of carbonyl (C=O) groups excluding carboxylic acids is 1. The molecule has 0 aliphatic carbocycles. The van der Waals surface area contributed by atoms with Gasteiger partial charge in [-0.1, -0.05) is 5.16 Å². The first kappa shape index (κ1) is 8.61. The molecule has 56 valence electrons. The van der Waals surface area contributed by atoms with E-state index in [2.05, 4.69) is 5.16 Å². The Hall–Kier alpha value is -1.39. The largest absolute Gasteiger partial charge is 0.481 e. The van der Waals surface area contributed by atoms with Crippen molar-refractivity contribution in [3.8, 4) is 0 Å². The first-order chi connectivity index (χ1) is 4.66. The Kier molecular flexibility index (Phi) is 3.86. The molecule has 5 nitrogen and oxygen atoms in total. The first-order valence-electron chi connectivity index (χ1n) is 2.59. The fourth-order valence-corrected chi connectivity index (χ4v) is 0.359. The van der Waals surface area contributed by atoms with Gasteiger partial charge in [0.2, 0.25) is 0 Å². The van der Waals surface area contributed by atoms with Crippen molar-refractivity contribution in [1.29, 1.82) is 0 Å². The highest BCUT2D eigenvalue weighted by Gasteiger charge is 2.01. The van der Waals surface area contributed by atoms with Crippen LogP contribution >= 0.6 is 0 Å². The van der Waals surface area contributed by atoms with E-state index in [1.54, 1.807) is 0 Å². The highest BCUT2D eigenvalue weighted by molar-refractivity contribution is 6.27. The average molecular weight is 145 g/mol. The van der Waals surface area contributed by atoms with Gasteiger partial charge in [0.15, 0.2) is 5.78 Å². The zero-order valence-electron chi connectivity index (χ0n) is 5.15. The van der Waals surface area contributed by atoms with Crippen LogP contribution in [0.5, 0.6) is 0 Å². The summed E-state index contributed by atoms with van der Waals surface area (Å²) in [6.45, 7) is 0. The van der Waals surface area contributed by atoms with Gasteiger partial charge >= 0.3 is 5.97 Å². The SMILES string of the molecule is O=C(O)CCC(=O)/C=N\O. The summed E-state index contributed by atoms with van der Waals surface area (Å²) in [5.74, 6) is -1.54. The molecule has 0 aromatic rings. The van der Waals surface area contributed by atoms with Gasteiger partial charge in [0, 0.05) is 6.42 Å². The minimum absolute atomic E-state index is 0.126. The van der Waals surface area contributed by atoms with Gasteiger partial charge in [0.25, 0.3) is 0 Å². The summed E-state index contributed by atoms with van der Waals surface area (Å²) in [5, 5.41) is 18.3. The number of carboxylic acid groups (broad SMARTS) is 1. The van der Waals surface area contributed by atoms with Gasteiger partial charge in [-0.3, -0.25) is 9.59 Å². The molecular formula is C5H7NO4. The second-order valence-electron chi connectivity index (χ2n) is 1.60. The molecule has 10 heavy (non-hydrogen) atoms. The standard InChI is InChI=1S/C5H7NO4/c7-4(3-6-10)1-2-5(8)9/h3,10H,1-2H2,(H,8,9)/b6-3-. The second kappa shape index (κ2) is 4.49. The summed E-state index contributed by atoms with van der Waals surface area (Å²) in [6.07, 6.45) is 0.327. The molecule has 5 heteroatoms. The maximum Gasteiger partial charge on any atom is 0.303 e. The summed E-state index contributed by atoms with van der Waals surface area (Å²) in [5.41, 5.74) is 0. The van der Waals surface area contributed by atoms with E-state index in [0.717, 1.165) is 0 Å². The number of carbonyl (C=O) groups is 2. The molecular weight excluding hydrogens is 138 g/mol. The summed E-state index contributed by atoms with van der Waals surface area (Å²) in [7, 11) is 0. The van der Waals surface area contributed by atoms with Crippen LogP contribution < -0.4 is 0 Å². The van der Waals surface area contributed by atoms with Crippen molar-refractivity contribution in [1.82, 2.24) is 0 Å². The van der Waals surface area contributed by atoms with Crippen LogP contribution in [0.3, 0.4) is 0 Å². The van der Waals surface area contributed by atoms with Crippen molar-refractivity contribution in [3.05, 3.63) is 0 Å². The van der Waals surface area contributed by atoms with Gasteiger partial charge in [0.1, 0.15) is 6.21 Å². The van der Waals surface area contributed by atoms with Crippen molar-refractivity contribution in [2.24, 2.45) is 5.16 Å². The van der Waals surface area contributed by atoms with E-state index in [9.17, 15) is 9.59 Å². The van der Waals surface area contributed by atoms with Crippen LogP contribution in [0.15, 0.2) is 5.16 Å². The van der Waals surface area contributed by atoms with Crippen molar-refractivity contribution >= 4 is 18.0 Å². The van der Waals surface area contributed by atoms with Crippen LogP contribution in [-0.4, -0.2) is 28.3 Å². The van der Waals surface area contributed by atoms with Gasteiger partial charge in [-0.2, -0.15) is 0 Å². The van der Waals surface area contributed by atoms with Crippen LogP contribution in [0.2, 0.25) is 0 Å². The summed E-state index contributed by atoms with van der Waals surface area (Å²) in [6, 6.07) is 0. The van der Waals surface area contributed by atoms with Crippen LogP contribution in [0.1, 0.15) is 12.8 Å². The fourth-order valence-electron chi connectivity index (χ4n) is 0.359. The Morgan fingerprint density at radius 1 is 1.40 bits per heavy atom. The number of Topliss-reactive ketones (excluding diaryl/α,β-unsaturated/α-hetero) is 1. The molecule has 0 saturated heterocycles. The number of aliphatic carboxylic acids is 1. The van der Waals surface area contributed by atoms with E-state index >= 15 is 0 Å². The highest BCUT2D eigenvalue weighted by atomic mass is 16.4. The Morgan fingerprint density at radius 2 is 2.00 bits per heavy atom. The zero-order valence-corrected chi connectivity index (χ0v) is 5.15. The Bertz CT molecular complexity index is 163. The monoisotopic (exact) mass is 145 g/mol. The van der Waals surface area contributed by atoms with E-state index in [4.69, 9.17) is 10.3 Å². The molecule has 0 spiro atoms. The predicted octanol–water partition coefficient (Wildman–Crippen LogP) is -0.120. The lowest BCUT2D eigenvalue weighted by Gasteiger charge is -1.87. The Morgan fingerprint density at radius 3 is 2.40 bits per heavy atom. The third-order valence-electron chi connectivity index (χ3n) is 0.787. The molecule has 0 aromatic carbocycles. The van der Waals surface area contributed by atoms with E-state index < -0.39 is 11.8 Å². The zero-order chi connectivity index (χ0) is 7.98. The van der Waals surface area contributed by atoms with Gasteiger partial charge in [-0.15, -0.1) is 0 Å². The lowest BCUT2D eigenvalue weighted by molar-refractivity contribution is -0.138. The summed E-state index contributed by atoms with van der Waals surface area (Å²) in [4.78, 5) is 20.2. The molecule has 0 amide bonds. The van der Waals surface area contributed by atoms with Crippen molar-refractivity contribution in [3.63, 3.8) is 0 Å². The molecule has 0 fully saturated rings. The second-order valence-corrected chi connectivity index (χ2v) is 1.60. The quantitative estimate of drug-likeness (QED) is 0.328. The van der Waals surface area contributed by atoms with Gasteiger partial charge < -0.3 is 10.3 Å². The number of ketones is 1. The van der Waals surface area contributed by atoms with E-state index in [0.29, 0.717) is 6.21 Å². The molecule has 0 aliphatic rings. The molecule has 0 bridgehead atoms. The van der Waals surface area contributed by atoms with Crippen LogP contribution in [0.4, 0.5) is 0 Å². The summed E-state index contributed by atoms with van der Waals surface area (Å²) < 4.78 is 0. The molecule has 0 unspecified atom stereocenters. The summed E-state index contributed by atoms with van der Waals surface area (Å²) >= 11 is 0. The minimum atomic E-state index is -1.04. The van der Waals surface area contributed by atoms with E-state index in [-0.39, 0.29) is 12.8 Å². The molecule has 0 aliphatic heterocycles. The Labute approximate surface area is 57.0 Å². The van der Waals surface area contributed by atoms with Crippen molar-refractivity contribution in [2.75, 3.05) is 0 Å².